The summed E-state index contributed by atoms with van der Waals surface area (Å²) >= 11 is 6.72. The molecule has 1 aliphatic rings. The lowest BCUT2D eigenvalue weighted by molar-refractivity contribution is -0.122. The van der Waals surface area contributed by atoms with Gasteiger partial charge in [-0.05, 0) is 48.9 Å². The Hall–Kier alpha value is -2.94. The molecule has 1 amide bonds. The number of amides is 1. The molecule has 1 fully saturated rings. The van der Waals surface area contributed by atoms with Crippen LogP contribution in [0.1, 0.15) is 11.1 Å². The molecule has 6 nitrogen and oxygen atoms in total. The second kappa shape index (κ2) is 9.68. The Balaban J connectivity index is 1.78. The van der Waals surface area contributed by atoms with E-state index in [1.165, 1.54) is 11.8 Å². The summed E-state index contributed by atoms with van der Waals surface area (Å²) in [5.74, 6) is 0.707. The molecule has 3 aromatic rings. The van der Waals surface area contributed by atoms with Crippen molar-refractivity contribution in [1.29, 1.82) is 0 Å². The maximum Gasteiger partial charge on any atom is 0.266 e. The lowest BCUT2D eigenvalue weighted by Gasteiger charge is -2.12. The molecule has 0 bridgehead atoms. The van der Waals surface area contributed by atoms with Crippen LogP contribution in [0.2, 0.25) is 0 Å². The van der Waals surface area contributed by atoms with Gasteiger partial charge in [0.15, 0.2) is 0 Å². The van der Waals surface area contributed by atoms with Crippen LogP contribution in [-0.2, 0) is 9.53 Å². The molecule has 1 aromatic heterocycles. The number of thioether (sulfide) groups is 1. The van der Waals surface area contributed by atoms with Gasteiger partial charge >= 0.3 is 0 Å². The number of nitrogens with zero attached hydrogens (tertiary/aromatic N) is 3. The van der Waals surface area contributed by atoms with Gasteiger partial charge in [-0.3, -0.25) is 9.69 Å². The normalized spacial score (nSPS) is 15.1. The van der Waals surface area contributed by atoms with Gasteiger partial charge in [-0.1, -0.05) is 42.2 Å². The maximum absolute atomic E-state index is 12.9. The summed E-state index contributed by atoms with van der Waals surface area (Å²) in [5.41, 5.74) is 4.51. The minimum atomic E-state index is -0.110. The van der Waals surface area contributed by atoms with Gasteiger partial charge in [0.25, 0.3) is 5.91 Å². The van der Waals surface area contributed by atoms with Crippen LogP contribution < -0.4 is 4.74 Å². The molecule has 1 saturated heterocycles. The fourth-order valence-corrected chi connectivity index (χ4v) is 4.77. The van der Waals surface area contributed by atoms with Crippen molar-refractivity contribution in [3.05, 3.63) is 70.8 Å². The van der Waals surface area contributed by atoms with Gasteiger partial charge in [0.05, 0.1) is 30.9 Å². The van der Waals surface area contributed by atoms with E-state index < -0.39 is 0 Å². The number of hydrogen-bond acceptors (Lipinski definition) is 6. The summed E-state index contributed by atoms with van der Waals surface area (Å²) in [6, 6.07) is 15.8. The highest BCUT2D eigenvalue weighted by molar-refractivity contribution is 8.26. The molecule has 8 heteroatoms. The SMILES string of the molecule is COCCN1C(=O)C(=Cc2cn(-c3ccccc3)nc2-c2ccc(OC)c(C)c2)SC1=S. The van der Waals surface area contributed by atoms with Gasteiger partial charge in [0, 0.05) is 24.4 Å². The summed E-state index contributed by atoms with van der Waals surface area (Å²) in [5, 5.41) is 4.85. The zero-order valence-corrected chi connectivity index (χ0v) is 19.7. The minimum Gasteiger partial charge on any atom is -0.496 e. The van der Waals surface area contributed by atoms with Crippen molar-refractivity contribution < 1.29 is 14.3 Å². The number of thiocarbonyl (C=S) groups is 1. The van der Waals surface area contributed by atoms with Crippen LogP contribution in [0.5, 0.6) is 5.75 Å². The van der Waals surface area contributed by atoms with E-state index in [0.29, 0.717) is 22.4 Å². The third-order valence-electron chi connectivity index (χ3n) is 5.11. The van der Waals surface area contributed by atoms with Crippen LogP contribution in [0.25, 0.3) is 23.0 Å². The monoisotopic (exact) mass is 465 g/mol. The van der Waals surface area contributed by atoms with Crippen molar-refractivity contribution in [3.63, 3.8) is 0 Å². The van der Waals surface area contributed by atoms with Gasteiger partial charge < -0.3 is 9.47 Å². The number of ether oxygens (including phenoxy) is 2. The van der Waals surface area contributed by atoms with Crippen LogP contribution >= 0.6 is 24.0 Å². The minimum absolute atomic E-state index is 0.110. The number of para-hydroxylation sites is 1. The number of carbonyl (C=O) groups excluding carboxylic acids is 1. The molecule has 0 spiro atoms. The first-order valence-corrected chi connectivity index (χ1v) is 11.3. The van der Waals surface area contributed by atoms with E-state index in [-0.39, 0.29) is 5.91 Å². The lowest BCUT2D eigenvalue weighted by Crippen LogP contribution is -2.31. The fraction of sp³-hybridized carbons (Fsp3) is 0.208. The van der Waals surface area contributed by atoms with Crippen LogP contribution in [0, 0.1) is 6.92 Å². The standard InChI is InChI=1S/C24H23N3O3S2/c1-16-13-17(9-10-20(16)30-3)22-18(15-27(25-22)19-7-5-4-6-8-19)14-21-23(28)26(11-12-29-2)24(31)32-21/h4-10,13-15H,11-12H2,1-3H3. The molecule has 1 aliphatic heterocycles. The number of carbonyl (C=O) groups is 1. The fourth-order valence-electron chi connectivity index (χ4n) is 3.47. The van der Waals surface area contributed by atoms with Gasteiger partial charge in [-0.15, -0.1) is 0 Å². The van der Waals surface area contributed by atoms with E-state index in [0.717, 1.165) is 33.8 Å². The Labute approximate surface area is 196 Å². The van der Waals surface area contributed by atoms with E-state index >= 15 is 0 Å². The Morgan fingerprint density at radius 2 is 1.94 bits per heavy atom. The first-order valence-electron chi connectivity index (χ1n) is 10.1. The van der Waals surface area contributed by atoms with Gasteiger partial charge in [-0.25, -0.2) is 4.68 Å². The molecule has 32 heavy (non-hydrogen) atoms. The second-order valence-electron chi connectivity index (χ2n) is 7.22. The van der Waals surface area contributed by atoms with Crippen molar-refractivity contribution in [2.45, 2.75) is 6.92 Å². The molecule has 0 aliphatic carbocycles. The molecular weight excluding hydrogens is 442 g/mol. The largest absolute Gasteiger partial charge is 0.496 e. The topological polar surface area (TPSA) is 56.6 Å². The van der Waals surface area contributed by atoms with Crippen molar-refractivity contribution in [1.82, 2.24) is 14.7 Å². The molecule has 2 aromatic carbocycles. The maximum atomic E-state index is 12.9. The summed E-state index contributed by atoms with van der Waals surface area (Å²) in [6.45, 7) is 2.87. The van der Waals surface area contributed by atoms with E-state index in [4.69, 9.17) is 26.8 Å². The first-order chi connectivity index (χ1) is 15.5. The number of rotatable bonds is 7. The third-order valence-corrected chi connectivity index (χ3v) is 6.49. The molecule has 0 atom stereocenters. The average molecular weight is 466 g/mol. The Morgan fingerprint density at radius 1 is 1.16 bits per heavy atom. The van der Waals surface area contributed by atoms with Gasteiger partial charge in [-0.2, -0.15) is 5.10 Å². The lowest BCUT2D eigenvalue weighted by atomic mass is 10.0. The predicted octanol–water partition coefficient (Wildman–Crippen LogP) is 4.70. The molecule has 0 unspecified atom stereocenters. The van der Waals surface area contributed by atoms with Crippen molar-refractivity contribution >= 4 is 40.3 Å². The second-order valence-corrected chi connectivity index (χ2v) is 8.90. The summed E-state index contributed by atoms with van der Waals surface area (Å²) < 4.78 is 12.9. The Bertz CT molecular complexity index is 1190. The quantitative estimate of drug-likeness (QED) is 0.372. The summed E-state index contributed by atoms with van der Waals surface area (Å²) in [7, 11) is 3.26. The number of aryl methyl sites for hydroxylation is 1. The van der Waals surface area contributed by atoms with Crippen LogP contribution in [0.15, 0.2) is 59.6 Å². The zero-order valence-electron chi connectivity index (χ0n) is 18.1. The Morgan fingerprint density at radius 3 is 2.62 bits per heavy atom. The van der Waals surface area contributed by atoms with Crippen LogP contribution in [0.4, 0.5) is 0 Å². The molecule has 0 radical (unpaired) electrons. The highest BCUT2D eigenvalue weighted by Gasteiger charge is 2.32. The van der Waals surface area contributed by atoms with Gasteiger partial charge in [0.2, 0.25) is 0 Å². The molecular formula is C24H23N3O3S2. The Kier molecular flexibility index (Phi) is 6.74. The number of hydrogen-bond donors (Lipinski definition) is 0. The smallest absolute Gasteiger partial charge is 0.266 e. The van der Waals surface area contributed by atoms with Crippen molar-refractivity contribution in [2.75, 3.05) is 27.4 Å². The summed E-state index contributed by atoms with van der Waals surface area (Å²) in [6.07, 6.45) is 3.80. The first kappa shape index (κ1) is 22.3. The van der Waals surface area contributed by atoms with Gasteiger partial charge in [0.1, 0.15) is 15.8 Å². The molecule has 4 rings (SSSR count). The molecule has 0 saturated carbocycles. The molecule has 164 valence electrons. The third kappa shape index (κ3) is 4.48. The van der Waals surface area contributed by atoms with E-state index in [9.17, 15) is 4.79 Å². The number of aromatic nitrogens is 2. The average Bonchev–Trinajstić information content (AvgIpc) is 3.34. The predicted molar refractivity (Wildman–Crippen MR) is 132 cm³/mol. The van der Waals surface area contributed by atoms with E-state index in [1.54, 1.807) is 19.1 Å². The van der Waals surface area contributed by atoms with E-state index in [2.05, 4.69) is 0 Å². The van der Waals surface area contributed by atoms with Crippen molar-refractivity contribution in [3.8, 4) is 22.7 Å². The molecule has 0 N–H and O–H groups in total. The van der Waals surface area contributed by atoms with Crippen LogP contribution in [-0.4, -0.2) is 52.3 Å². The number of benzene rings is 2. The van der Waals surface area contributed by atoms with Crippen LogP contribution in [0.3, 0.4) is 0 Å². The summed E-state index contributed by atoms with van der Waals surface area (Å²) in [4.78, 5) is 15.1. The van der Waals surface area contributed by atoms with E-state index in [1.807, 2.05) is 72.4 Å². The number of methoxy groups -OCH3 is 2. The highest BCUT2D eigenvalue weighted by Crippen LogP contribution is 2.35. The zero-order chi connectivity index (χ0) is 22.7. The molecule has 2 heterocycles. The van der Waals surface area contributed by atoms with Crippen molar-refractivity contribution in [2.24, 2.45) is 0 Å². The highest BCUT2D eigenvalue weighted by atomic mass is 32.2.